The van der Waals surface area contributed by atoms with E-state index in [4.69, 9.17) is 4.42 Å². The molecule has 1 aromatic carbocycles. The van der Waals surface area contributed by atoms with Gasteiger partial charge in [0.2, 0.25) is 17.0 Å². The number of hydrogen-bond donors (Lipinski definition) is 2. The van der Waals surface area contributed by atoms with E-state index in [1.165, 1.54) is 22.2 Å². The minimum atomic E-state index is -0.252. The van der Waals surface area contributed by atoms with Gasteiger partial charge in [-0.05, 0) is 24.1 Å². The van der Waals surface area contributed by atoms with Crippen molar-refractivity contribution >= 4 is 23.6 Å². The van der Waals surface area contributed by atoms with Gasteiger partial charge in [0.15, 0.2) is 5.82 Å². The van der Waals surface area contributed by atoms with Gasteiger partial charge in [0, 0.05) is 12.6 Å². The van der Waals surface area contributed by atoms with Gasteiger partial charge in [-0.2, -0.15) is 0 Å². The molecule has 0 aliphatic carbocycles. The van der Waals surface area contributed by atoms with Crippen LogP contribution in [0.1, 0.15) is 18.2 Å². The first-order chi connectivity index (χ1) is 14.0. The van der Waals surface area contributed by atoms with E-state index in [1.54, 1.807) is 25.4 Å². The van der Waals surface area contributed by atoms with E-state index in [0.717, 1.165) is 12.0 Å². The van der Waals surface area contributed by atoms with Crippen molar-refractivity contribution < 1.29 is 14.0 Å². The first-order valence-corrected chi connectivity index (χ1v) is 10.2. The maximum absolute atomic E-state index is 12.3. The number of aromatic amines is 1. The Balaban J connectivity index is 1.44. The summed E-state index contributed by atoms with van der Waals surface area (Å²) in [6, 6.07) is 11.6. The molecule has 0 spiro atoms. The average molecular weight is 414 g/mol. The normalized spacial score (nSPS) is 10.7. The van der Waals surface area contributed by atoms with Crippen LogP contribution in [0.5, 0.6) is 0 Å². The van der Waals surface area contributed by atoms with Crippen molar-refractivity contribution in [2.75, 3.05) is 19.3 Å². The summed E-state index contributed by atoms with van der Waals surface area (Å²) in [7, 11) is 1.59. The number of carbonyl (C=O) groups excluding carboxylic acids is 2. The highest BCUT2D eigenvalue weighted by molar-refractivity contribution is 7.99. The number of H-pyrrole nitrogens is 1. The number of nitrogens with one attached hydrogen (secondary N) is 2. The van der Waals surface area contributed by atoms with Gasteiger partial charge in [-0.1, -0.05) is 43.0 Å². The van der Waals surface area contributed by atoms with Crippen LogP contribution in [0, 0.1) is 0 Å². The fraction of sp³-hybridized carbons (Fsp3) is 0.300. The fourth-order valence-corrected chi connectivity index (χ4v) is 3.27. The number of amides is 2. The summed E-state index contributed by atoms with van der Waals surface area (Å²) < 4.78 is 5.15. The summed E-state index contributed by atoms with van der Waals surface area (Å²) in [4.78, 5) is 30.0. The molecule has 2 aromatic heterocycles. The van der Waals surface area contributed by atoms with Crippen molar-refractivity contribution in [3.8, 4) is 11.4 Å². The summed E-state index contributed by atoms with van der Waals surface area (Å²) >= 11 is 1.23. The minimum absolute atomic E-state index is 0.0247. The Kier molecular flexibility index (Phi) is 7.07. The number of furan rings is 1. The third-order valence-electron chi connectivity index (χ3n) is 4.27. The van der Waals surface area contributed by atoms with Crippen molar-refractivity contribution in [3.63, 3.8) is 0 Å². The fourth-order valence-electron chi connectivity index (χ4n) is 2.53. The number of thioether (sulfide) groups is 1. The quantitative estimate of drug-likeness (QED) is 0.522. The Morgan fingerprint density at radius 1 is 1.24 bits per heavy atom. The summed E-state index contributed by atoms with van der Waals surface area (Å²) in [6.45, 7) is 2.37. The van der Waals surface area contributed by atoms with Crippen LogP contribution in [0.3, 0.4) is 0 Å². The molecule has 0 fully saturated rings. The van der Waals surface area contributed by atoms with Gasteiger partial charge < -0.3 is 14.6 Å². The number of benzene rings is 1. The number of likely N-dealkylation sites (N-methyl/N-ethyl adjacent to an activating group) is 1. The molecule has 3 rings (SSSR count). The molecule has 0 aliphatic rings. The zero-order valence-corrected chi connectivity index (χ0v) is 17.2. The predicted molar refractivity (Wildman–Crippen MR) is 110 cm³/mol. The number of aromatic nitrogens is 3. The smallest absolute Gasteiger partial charge is 0.239 e. The maximum Gasteiger partial charge on any atom is 0.239 e. The molecule has 8 nitrogen and oxygen atoms in total. The van der Waals surface area contributed by atoms with Crippen molar-refractivity contribution in [2.24, 2.45) is 0 Å². The molecule has 2 N–H and O–H groups in total. The molecule has 0 radical (unpaired) electrons. The molecule has 0 saturated carbocycles. The summed E-state index contributed by atoms with van der Waals surface area (Å²) in [5, 5.41) is 10.2. The second-order valence-electron chi connectivity index (χ2n) is 6.41. The lowest BCUT2D eigenvalue weighted by Crippen LogP contribution is -2.38. The minimum Gasteiger partial charge on any atom is -0.467 e. The monoisotopic (exact) mass is 413 g/mol. The molecule has 0 unspecified atom stereocenters. The largest absolute Gasteiger partial charge is 0.467 e. The third-order valence-corrected chi connectivity index (χ3v) is 5.10. The van der Waals surface area contributed by atoms with E-state index in [0.29, 0.717) is 23.3 Å². The van der Waals surface area contributed by atoms with Crippen LogP contribution in [0.4, 0.5) is 0 Å². The van der Waals surface area contributed by atoms with Crippen molar-refractivity contribution in [1.29, 1.82) is 0 Å². The lowest BCUT2D eigenvalue weighted by atomic mass is 10.1. The SMILES string of the molecule is CCc1ccc(-c2nc(SCC(=O)N(C)CC(=O)NCc3ccco3)n[nH]2)cc1. The molecule has 0 aliphatic heterocycles. The van der Waals surface area contributed by atoms with Gasteiger partial charge in [0.1, 0.15) is 5.76 Å². The van der Waals surface area contributed by atoms with Crippen molar-refractivity contribution in [3.05, 3.63) is 54.0 Å². The lowest BCUT2D eigenvalue weighted by Gasteiger charge is -2.15. The Hall–Kier alpha value is -3.07. The zero-order valence-electron chi connectivity index (χ0n) is 16.3. The van der Waals surface area contributed by atoms with E-state index in [9.17, 15) is 9.59 Å². The van der Waals surface area contributed by atoms with Crippen LogP contribution in [-0.2, 0) is 22.6 Å². The number of hydrogen-bond acceptors (Lipinski definition) is 6. The third kappa shape index (κ3) is 5.95. The van der Waals surface area contributed by atoms with Crippen molar-refractivity contribution in [1.82, 2.24) is 25.4 Å². The van der Waals surface area contributed by atoms with E-state index in [-0.39, 0.29) is 24.1 Å². The Morgan fingerprint density at radius 3 is 2.72 bits per heavy atom. The number of nitrogens with zero attached hydrogens (tertiary/aromatic N) is 3. The van der Waals surface area contributed by atoms with Crippen LogP contribution in [0.15, 0.2) is 52.2 Å². The van der Waals surface area contributed by atoms with Crippen molar-refractivity contribution in [2.45, 2.75) is 25.0 Å². The van der Waals surface area contributed by atoms with Gasteiger partial charge in [0.25, 0.3) is 0 Å². The topological polar surface area (TPSA) is 104 Å². The molecule has 152 valence electrons. The number of aryl methyl sites for hydroxylation is 1. The molecule has 29 heavy (non-hydrogen) atoms. The predicted octanol–water partition coefficient (Wildman–Crippen LogP) is 2.49. The molecule has 0 saturated heterocycles. The molecule has 2 amide bonds. The Bertz CT molecular complexity index is 937. The summed E-state index contributed by atoms with van der Waals surface area (Å²) in [5.74, 6) is 1.04. The van der Waals surface area contributed by atoms with Gasteiger partial charge in [-0.3, -0.25) is 14.7 Å². The van der Waals surface area contributed by atoms with E-state index in [1.807, 2.05) is 12.1 Å². The van der Waals surface area contributed by atoms with Gasteiger partial charge in [-0.25, -0.2) is 4.98 Å². The molecule has 9 heteroatoms. The maximum atomic E-state index is 12.3. The molecule has 0 bridgehead atoms. The summed E-state index contributed by atoms with van der Waals surface area (Å²) in [5.41, 5.74) is 2.20. The van der Waals surface area contributed by atoms with E-state index in [2.05, 4.69) is 39.6 Å². The van der Waals surface area contributed by atoms with Gasteiger partial charge in [0.05, 0.1) is 25.1 Å². The second kappa shape index (κ2) is 9.92. The van der Waals surface area contributed by atoms with E-state index >= 15 is 0 Å². The lowest BCUT2D eigenvalue weighted by molar-refractivity contribution is -0.132. The first kappa shape index (κ1) is 20.7. The Morgan fingerprint density at radius 2 is 2.03 bits per heavy atom. The average Bonchev–Trinajstić information content (AvgIpc) is 3.42. The van der Waals surface area contributed by atoms with Crippen LogP contribution >= 0.6 is 11.8 Å². The highest BCUT2D eigenvalue weighted by Gasteiger charge is 2.15. The highest BCUT2D eigenvalue weighted by Crippen LogP contribution is 2.20. The molecular formula is C20H23N5O3S. The summed E-state index contributed by atoms with van der Waals surface area (Å²) in [6.07, 6.45) is 2.53. The molecule has 2 heterocycles. The van der Waals surface area contributed by atoms with Crippen LogP contribution in [0.25, 0.3) is 11.4 Å². The Labute approximate surface area is 173 Å². The molecule has 3 aromatic rings. The zero-order chi connectivity index (χ0) is 20.6. The van der Waals surface area contributed by atoms with Gasteiger partial charge >= 0.3 is 0 Å². The second-order valence-corrected chi connectivity index (χ2v) is 7.35. The van der Waals surface area contributed by atoms with Crippen LogP contribution in [-0.4, -0.2) is 51.2 Å². The standard InChI is InChI=1S/C20H23N5O3S/c1-3-14-6-8-15(9-7-14)19-22-20(24-23-19)29-13-18(27)25(2)12-17(26)21-11-16-5-4-10-28-16/h4-10H,3,11-13H2,1-2H3,(H,21,26)(H,22,23,24). The molecular weight excluding hydrogens is 390 g/mol. The number of carbonyl (C=O) groups is 2. The van der Waals surface area contributed by atoms with Gasteiger partial charge in [-0.15, -0.1) is 5.10 Å². The first-order valence-electron chi connectivity index (χ1n) is 9.22. The number of rotatable bonds is 9. The van der Waals surface area contributed by atoms with E-state index < -0.39 is 0 Å². The molecule has 0 atom stereocenters. The van der Waals surface area contributed by atoms with Crippen LogP contribution in [0.2, 0.25) is 0 Å². The van der Waals surface area contributed by atoms with Crippen LogP contribution < -0.4 is 5.32 Å². The highest BCUT2D eigenvalue weighted by atomic mass is 32.2.